The van der Waals surface area contributed by atoms with Crippen molar-refractivity contribution >= 4 is 23.2 Å². The molecule has 32 heavy (non-hydrogen) atoms. The van der Waals surface area contributed by atoms with Gasteiger partial charge in [0.15, 0.2) is 0 Å². The maximum Gasteiger partial charge on any atom is 0.253 e. The number of anilines is 2. The fourth-order valence-corrected chi connectivity index (χ4v) is 3.55. The monoisotopic (exact) mass is 431 g/mol. The van der Waals surface area contributed by atoms with E-state index in [0.29, 0.717) is 24.4 Å². The Kier molecular flexibility index (Phi) is 8.00. The Balaban J connectivity index is 1.89. The van der Waals surface area contributed by atoms with Crippen LogP contribution in [0.1, 0.15) is 27.4 Å². The Morgan fingerprint density at radius 2 is 1.50 bits per heavy atom. The molecule has 0 saturated carbocycles. The number of hydrogen-bond donors (Lipinski definition) is 2. The minimum Gasteiger partial charge on any atom is -0.383 e. The lowest BCUT2D eigenvalue weighted by molar-refractivity contribution is -0.116. The normalized spacial score (nSPS) is 10.6. The highest BCUT2D eigenvalue weighted by atomic mass is 16.5. The molecule has 166 valence electrons. The third-order valence-corrected chi connectivity index (χ3v) is 5.11. The van der Waals surface area contributed by atoms with Gasteiger partial charge in [0.25, 0.3) is 5.91 Å². The number of benzene rings is 3. The molecule has 0 fully saturated rings. The standard InChI is InChI=1S/C26H29N3O3/c1-29(2)23-15-14-21(18-22(23)25(30)27-16-17-32-3)28-26(31)24(19-10-6-4-7-11-19)20-12-8-5-9-13-20/h4-15,18,24H,16-17H2,1-3H3,(H,27,30)(H,28,31). The summed E-state index contributed by atoms with van der Waals surface area (Å²) in [5.74, 6) is -0.847. The van der Waals surface area contributed by atoms with Crippen LogP contribution in [0.5, 0.6) is 0 Å². The van der Waals surface area contributed by atoms with Gasteiger partial charge in [0.2, 0.25) is 5.91 Å². The van der Waals surface area contributed by atoms with Crippen molar-refractivity contribution in [2.45, 2.75) is 5.92 Å². The van der Waals surface area contributed by atoms with Crippen LogP contribution >= 0.6 is 0 Å². The first-order valence-electron chi connectivity index (χ1n) is 10.5. The predicted molar refractivity (Wildman–Crippen MR) is 128 cm³/mol. The molecule has 2 amide bonds. The quantitative estimate of drug-likeness (QED) is 0.504. The Hall–Kier alpha value is -3.64. The van der Waals surface area contributed by atoms with Crippen LogP contribution < -0.4 is 15.5 Å². The minimum atomic E-state index is -0.468. The van der Waals surface area contributed by atoms with Crippen LogP contribution in [-0.4, -0.2) is 46.2 Å². The summed E-state index contributed by atoms with van der Waals surface area (Å²) < 4.78 is 5.01. The van der Waals surface area contributed by atoms with E-state index in [0.717, 1.165) is 16.8 Å². The lowest BCUT2D eigenvalue weighted by atomic mass is 9.90. The minimum absolute atomic E-state index is 0.161. The summed E-state index contributed by atoms with van der Waals surface area (Å²) in [6.07, 6.45) is 0. The second-order valence-electron chi connectivity index (χ2n) is 7.62. The van der Waals surface area contributed by atoms with E-state index in [-0.39, 0.29) is 11.8 Å². The Morgan fingerprint density at radius 3 is 2.03 bits per heavy atom. The smallest absolute Gasteiger partial charge is 0.253 e. The predicted octanol–water partition coefficient (Wildman–Crippen LogP) is 3.90. The van der Waals surface area contributed by atoms with E-state index >= 15 is 0 Å². The van der Waals surface area contributed by atoms with Gasteiger partial charge >= 0.3 is 0 Å². The van der Waals surface area contributed by atoms with E-state index in [9.17, 15) is 9.59 Å². The first-order valence-corrected chi connectivity index (χ1v) is 10.5. The summed E-state index contributed by atoms with van der Waals surface area (Å²) in [5, 5.41) is 5.85. The van der Waals surface area contributed by atoms with Crippen molar-refractivity contribution in [3.8, 4) is 0 Å². The largest absolute Gasteiger partial charge is 0.383 e. The van der Waals surface area contributed by atoms with Crippen molar-refractivity contribution in [1.29, 1.82) is 0 Å². The zero-order chi connectivity index (χ0) is 22.9. The maximum absolute atomic E-state index is 13.4. The molecular weight excluding hydrogens is 402 g/mol. The van der Waals surface area contributed by atoms with Gasteiger partial charge in [-0.05, 0) is 29.3 Å². The van der Waals surface area contributed by atoms with Crippen LogP contribution in [-0.2, 0) is 9.53 Å². The summed E-state index contributed by atoms with van der Waals surface area (Å²) in [6, 6.07) is 24.7. The molecule has 3 rings (SSSR count). The zero-order valence-electron chi connectivity index (χ0n) is 18.7. The Labute approximate surface area is 189 Å². The summed E-state index contributed by atoms with van der Waals surface area (Å²) in [4.78, 5) is 28.0. The fourth-order valence-electron chi connectivity index (χ4n) is 3.55. The number of nitrogens with one attached hydrogen (secondary N) is 2. The van der Waals surface area contributed by atoms with Crippen molar-refractivity contribution in [2.24, 2.45) is 0 Å². The molecule has 0 unspecified atom stereocenters. The summed E-state index contributed by atoms with van der Waals surface area (Å²) >= 11 is 0. The van der Waals surface area contributed by atoms with Crippen LogP contribution in [0.4, 0.5) is 11.4 Å². The van der Waals surface area contributed by atoms with Crippen LogP contribution in [0, 0.1) is 0 Å². The highest BCUT2D eigenvalue weighted by Gasteiger charge is 2.23. The molecule has 6 heteroatoms. The molecule has 6 nitrogen and oxygen atoms in total. The van der Waals surface area contributed by atoms with E-state index < -0.39 is 5.92 Å². The van der Waals surface area contributed by atoms with Crippen molar-refractivity contribution in [2.75, 3.05) is 44.6 Å². The zero-order valence-corrected chi connectivity index (χ0v) is 18.7. The molecule has 0 atom stereocenters. The highest BCUT2D eigenvalue weighted by molar-refractivity contribution is 6.03. The first kappa shape index (κ1) is 23.0. The molecule has 3 aromatic carbocycles. The van der Waals surface area contributed by atoms with E-state index in [1.807, 2.05) is 91.8 Å². The molecule has 0 saturated heterocycles. The molecule has 0 aliphatic rings. The molecule has 0 aromatic heterocycles. The Morgan fingerprint density at radius 1 is 0.906 bits per heavy atom. The third kappa shape index (κ3) is 5.74. The van der Waals surface area contributed by atoms with Gasteiger partial charge in [-0.3, -0.25) is 9.59 Å². The molecule has 0 aliphatic heterocycles. The van der Waals surface area contributed by atoms with E-state index in [4.69, 9.17) is 4.74 Å². The Bertz CT molecular complexity index is 997. The van der Waals surface area contributed by atoms with Crippen molar-refractivity contribution in [1.82, 2.24) is 5.32 Å². The molecule has 0 spiro atoms. The van der Waals surface area contributed by atoms with Gasteiger partial charge in [-0.15, -0.1) is 0 Å². The lowest BCUT2D eigenvalue weighted by Crippen LogP contribution is -2.29. The number of nitrogens with zero attached hydrogens (tertiary/aromatic N) is 1. The number of ether oxygens (including phenoxy) is 1. The first-order chi connectivity index (χ1) is 15.5. The molecular formula is C26H29N3O3. The number of carbonyl (C=O) groups is 2. The molecule has 0 radical (unpaired) electrons. The number of methoxy groups -OCH3 is 1. The van der Waals surface area contributed by atoms with Crippen molar-refractivity contribution in [3.05, 3.63) is 95.6 Å². The van der Waals surface area contributed by atoms with E-state index in [2.05, 4.69) is 10.6 Å². The summed E-state index contributed by atoms with van der Waals surface area (Å²) in [7, 11) is 5.34. The molecule has 0 heterocycles. The van der Waals surface area contributed by atoms with Crippen LogP contribution in [0.15, 0.2) is 78.9 Å². The second-order valence-corrected chi connectivity index (χ2v) is 7.62. The van der Waals surface area contributed by atoms with Crippen LogP contribution in [0.25, 0.3) is 0 Å². The molecule has 3 aromatic rings. The SMILES string of the molecule is COCCNC(=O)c1cc(NC(=O)C(c2ccccc2)c2ccccc2)ccc1N(C)C. The van der Waals surface area contributed by atoms with Gasteiger partial charge in [0.05, 0.1) is 18.1 Å². The second kappa shape index (κ2) is 11.1. The average Bonchev–Trinajstić information content (AvgIpc) is 2.80. The third-order valence-electron chi connectivity index (χ3n) is 5.11. The number of hydrogen-bond acceptors (Lipinski definition) is 4. The van der Waals surface area contributed by atoms with Crippen molar-refractivity contribution in [3.63, 3.8) is 0 Å². The average molecular weight is 432 g/mol. The lowest BCUT2D eigenvalue weighted by Gasteiger charge is -2.20. The summed E-state index contributed by atoms with van der Waals surface area (Å²) in [5.41, 5.74) is 3.62. The van der Waals surface area contributed by atoms with Gasteiger partial charge in [0.1, 0.15) is 0 Å². The van der Waals surface area contributed by atoms with E-state index in [1.54, 1.807) is 13.2 Å². The van der Waals surface area contributed by atoms with Gasteiger partial charge in [0, 0.05) is 39.1 Å². The molecule has 0 aliphatic carbocycles. The van der Waals surface area contributed by atoms with Gasteiger partial charge < -0.3 is 20.3 Å². The van der Waals surface area contributed by atoms with Gasteiger partial charge in [-0.2, -0.15) is 0 Å². The number of carbonyl (C=O) groups excluding carboxylic acids is 2. The number of rotatable bonds is 9. The topological polar surface area (TPSA) is 70.7 Å². The summed E-state index contributed by atoms with van der Waals surface area (Å²) in [6.45, 7) is 0.832. The van der Waals surface area contributed by atoms with Gasteiger partial charge in [-0.1, -0.05) is 60.7 Å². The van der Waals surface area contributed by atoms with Crippen LogP contribution in [0.3, 0.4) is 0 Å². The van der Waals surface area contributed by atoms with E-state index in [1.165, 1.54) is 0 Å². The molecule has 2 N–H and O–H groups in total. The van der Waals surface area contributed by atoms with Crippen LogP contribution in [0.2, 0.25) is 0 Å². The number of amides is 2. The van der Waals surface area contributed by atoms with Crippen molar-refractivity contribution < 1.29 is 14.3 Å². The highest BCUT2D eigenvalue weighted by Crippen LogP contribution is 2.28. The molecule has 0 bridgehead atoms. The van der Waals surface area contributed by atoms with Gasteiger partial charge in [-0.25, -0.2) is 0 Å². The maximum atomic E-state index is 13.4. The fraction of sp³-hybridized carbons (Fsp3) is 0.231.